The summed E-state index contributed by atoms with van der Waals surface area (Å²) in [5.74, 6) is 0. The molecule has 2 nitrogen and oxygen atoms in total. The molecule has 1 aromatic rings. The van der Waals surface area contributed by atoms with Gasteiger partial charge >= 0.3 is 0 Å². The molecule has 2 N–H and O–H groups in total. The van der Waals surface area contributed by atoms with E-state index in [-0.39, 0.29) is 0 Å². The van der Waals surface area contributed by atoms with Crippen molar-refractivity contribution in [3.8, 4) is 0 Å². The van der Waals surface area contributed by atoms with Crippen LogP contribution in [0, 0.1) is 0 Å². The van der Waals surface area contributed by atoms with Crippen LogP contribution in [0.5, 0.6) is 0 Å². The Hall–Kier alpha value is 0.860. The van der Waals surface area contributed by atoms with Gasteiger partial charge in [0.2, 0.25) is 0 Å². The fraction of sp³-hybridized carbons (Fsp3) is 0.400. The quantitative estimate of drug-likeness (QED) is 0.783. The van der Waals surface area contributed by atoms with Gasteiger partial charge in [-0.1, -0.05) is 24.3 Å². The highest BCUT2D eigenvalue weighted by molar-refractivity contribution is 7.37. The second kappa shape index (κ2) is 8.05. The van der Waals surface area contributed by atoms with Crippen molar-refractivity contribution in [3.05, 3.63) is 35.4 Å². The molecule has 0 fully saturated rings. The topological polar surface area (TPSA) is 24.1 Å². The summed E-state index contributed by atoms with van der Waals surface area (Å²) in [6.07, 6.45) is 0. The maximum Gasteiger partial charge on any atom is 0.0354 e. The van der Waals surface area contributed by atoms with Crippen LogP contribution in [-0.4, -0.2) is 11.0 Å². The first-order valence-corrected chi connectivity index (χ1v) is 7.81. The van der Waals surface area contributed by atoms with Crippen LogP contribution < -0.4 is 10.6 Å². The predicted molar refractivity (Wildman–Crippen MR) is 86.5 cm³/mol. The van der Waals surface area contributed by atoms with Crippen LogP contribution >= 0.6 is 37.0 Å². The molecule has 1 rings (SSSR count). The maximum atomic E-state index is 3.35. The number of hydrogen-bond acceptors (Lipinski definition) is 2. The SMILES string of the molecule is PC(P)NCc1cccc(CNC(P)P)c1. The summed E-state index contributed by atoms with van der Waals surface area (Å²) in [5, 5.41) is 6.70. The van der Waals surface area contributed by atoms with Crippen LogP contribution in [0.25, 0.3) is 0 Å². The highest BCUT2D eigenvalue weighted by Crippen LogP contribution is 2.10. The predicted octanol–water partition coefficient (Wildman–Crippen LogP) is 1.93. The summed E-state index contributed by atoms with van der Waals surface area (Å²) < 4.78 is 0. The highest BCUT2D eigenvalue weighted by atomic mass is 31.1. The molecule has 0 aromatic heterocycles. The molecule has 1 aromatic carbocycles. The zero-order valence-corrected chi connectivity index (χ0v) is 13.8. The first kappa shape index (κ1) is 14.9. The highest BCUT2D eigenvalue weighted by Gasteiger charge is 1.98. The third-order valence-corrected chi connectivity index (χ3v) is 3.02. The van der Waals surface area contributed by atoms with Crippen molar-refractivity contribution in [2.45, 2.75) is 24.1 Å². The van der Waals surface area contributed by atoms with Crippen molar-refractivity contribution < 1.29 is 0 Å². The van der Waals surface area contributed by atoms with Gasteiger partial charge in [0, 0.05) is 24.1 Å². The molecule has 0 aliphatic rings. The van der Waals surface area contributed by atoms with Crippen molar-refractivity contribution in [1.82, 2.24) is 10.6 Å². The molecule has 16 heavy (non-hydrogen) atoms. The van der Waals surface area contributed by atoms with Crippen molar-refractivity contribution >= 4 is 37.0 Å². The summed E-state index contributed by atoms with van der Waals surface area (Å²) in [5.41, 5.74) is 3.37. The molecular formula is C10H20N2P4. The second-order valence-electron chi connectivity index (χ2n) is 3.63. The lowest BCUT2D eigenvalue weighted by atomic mass is 10.1. The monoisotopic (exact) mass is 292 g/mol. The third-order valence-electron chi connectivity index (χ3n) is 2.08. The molecule has 0 amide bonds. The minimum absolute atomic E-state index is 0.366. The third kappa shape index (κ3) is 6.56. The summed E-state index contributed by atoms with van der Waals surface area (Å²) in [6.45, 7) is 1.80. The average molecular weight is 292 g/mol. The van der Waals surface area contributed by atoms with Crippen molar-refractivity contribution in [1.29, 1.82) is 0 Å². The van der Waals surface area contributed by atoms with Crippen molar-refractivity contribution in [2.75, 3.05) is 0 Å². The molecule has 0 radical (unpaired) electrons. The van der Waals surface area contributed by atoms with Gasteiger partial charge in [0.05, 0.1) is 0 Å². The fourth-order valence-corrected chi connectivity index (χ4v) is 1.79. The zero-order chi connectivity index (χ0) is 12.0. The normalized spacial score (nSPS) is 11.4. The van der Waals surface area contributed by atoms with Gasteiger partial charge in [0.15, 0.2) is 0 Å². The van der Waals surface area contributed by atoms with E-state index >= 15 is 0 Å². The molecule has 6 heteroatoms. The summed E-state index contributed by atoms with van der Waals surface area (Å²) >= 11 is 0. The van der Waals surface area contributed by atoms with E-state index in [2.05, 4.69) is 71.9 Å². The van der Waals surface area contributed by atoms with Crippen LogP contribution in [0.2, 0.25) is 0 Å². The lowest BCUT2D eigenvalue weighted by Crippen LogP contribution is -2.18. The molecule has 90 valence electrons. The van der Waals surface area contributed by atoms with E-state index in [4.69, 9.17) is 0 Å². The molecule has 0 aliphatic carbocycles. The van der Waals surface area contributed by atoms with Gasteiger partial charge in [-0.15, -0.1) is 37.0 Å². The summed E-state index contributed by atoms with van der Waals surface area (Å²) in [7, 11) is 10.8. The van der Waals surface area contributed by atoms with Gasteiger partial charge in [0.1, 0.15) is 0 Å². The standard InChI is InChI=1S/C10H20N2P4/c13-9(14)11-5-7-2-1-3-8(4-7)6-12-10(15)16/h1-4,9-12H,5-6,13-16H2. The minimum Gasteiger partial charge on any atom is -0.303 e. The van der Waals surface area contributed by atoms with Gasteiger partial charge in [0.25, 0.3) is 0 Å². The molecule has 0 aliphatic heterocycles. The van der Waals surface area contributed by atoms with E-state index in [1.165, 1.54) is 11.1 Å². The largest absolute Gasteiger partial charge is 0.303 e. The Labute approximate surface area is 107 Å². The summed E-state index contributed by atoms with van der Waals surface area (Å²) in [6, 6.07) is 8.63. The van der Waals surface area contributed by atoms with Crippen LogP contribution in [0.1, 0.15) is 11.1 Å². The maximum absolute atomic E-state index is 3.35. The van der Waals surface area contributed by atoms with Crippen LogP contribution in [0.15, 0.2) is 24.3 Å². The second-order valence-corrected chi connectivity index (χ2v) is 8.05. The van der Waals surface area contributed by atoms with Gasteiger partial charge in [-0.3, -0.25) is 0 Å². The van der Waals surface area contributed by atoms with Crippen LogP contribution in [0.4, 0.5) is 0 Å². The Morgan fingerprint density at radius 3 is 1.69 bits per heavy atom. The van der Waals surface area contributed by atoms with Gasteiger partial charge in [-0.05, 0) is 11.1 Å². The van der Waals surface area contributed by atoms with Gasteiger partial charge < -0.3 is 10.6 Å². The van der Waals surface area contributed by atoms with E-state index in [1.807, 2.05) is 0 Å². The van der Waals surface area contributed by atoms with Crippen molar-refractivity contribution in [2.24, 2.45) is 0 Å². The zero-order valence-electron chi connectivity index (χ0n) is 9.19. The smallest absolute Gasteiger partial charge is 0.0354 e. The number of rotatable bonds is 6. The number of benzene rings is 1. The molecule has 0 spiro atoms. The summed E-state index contributed by atoms with van der Waals surface area (Å²) in [4.78, 5) is 0. The van der Waals surface area contributed by atoms with Gasteiger partial charge in [-0.2, -0.15) is 0 Å². The lowest BCUT2D eigenvalue weighted by Gasteiger charge is -2.11. The first-order valence-electron chi connectivity index (χ1n) is 5.15. The van der Waals surface area contributed by atoms with E-state index in [0.29, 0.717) is 11.0 Å². The molecule has 0 bridgehead atoms. The fourth-order valence-electron chi connectivity index (χ4n) is 1.32. The number of hydrogen-bond donors (Lipinski definition) is 2. The molecule has 0 saturated carbocycles. The molecule has 0 heterocycles. The first-order chi connectivity index (χ1) is 7.58. The molecular weight excluding hydrogens is 272 g/mol. The van der Waals surface area contributed by atoms with E-state index in [9.17, 15) is 0 Å². The van der Waals surface area contributed by atoms with Gasteiger partial charge in [-0.25, -0.2) is 0 Å². The Morgan fingerprint density at radius 1 is 0.875 bits per heavy atom. The minimum atomic E-state index is 0.366. The number of nitrogens with one attached hydrogen (secondary N) is 2. The molecule has 4 unspecified atom stereocenters. The Balaban J connectivity index is 2.50. The van der Waals surface area contributed by atoms with Crippen LogP contribution in [0.3, 0.4) is 0 Å². The lowest BCUT2D eigenvalue weighted by molar-refractivity contribution is 0.750. The van der Waals surface area contributed by atoms with Crippen LogP contribution in [-0.2, 0) is 13.1 Å². The average Bonchev–Trinajstić information content (AvgIpc) is 2.24. The van der Waals surface area contributed by atoms with E-state index in [1.54, 1.807) is 0 Å². The van der Waals surface area contributed by atoms with E-state index < -0.39 is 0 Å². The Morgan fingerprint density at radius 2 is 1.31 bits per heavy atom. The Bertz CT molecular complexity index is 290. The van der Waals surface area contributed by atoms with E-state index in [0.717, 1.165) is 13.1 Å². The molecule has 4 atom stereocenters. The van der Waals surface area contributed by atoms with Crippen molar-refractivity contribution in [3.63, 3.8) is 0 Å². The molecule has 0 saturated heterocycles. The Kier molecular flexibility index (Phi) is 7.50.